The molecule has 0 saturated carbocycles. The molecule has 0 bridgehead atoms. The molecule has 0 aromatic heterocycles. The molecule has 0 spiro atoms. The number of hydrogen-bond donors (Lipinski definition) is 1. The van der Waals surface area contributed by atoms with Crippen LogP contribution in [0, 0.1) is 0 Å². The van der Waals surface area contributed by atoms with Crippen LogP contribution in [-0.4, -0.2) is 42.8 Å². The van der Waals surface area contributed by atoms with Gasteiger partial charge in [-0.05, 0) is 71.1 Å². The van der Waals surface area contributed by atoms with Gasteiger partial charge in [0, 0.05) is 12.8 Å². The van der Waals surface area contributed by atoms with Crippen LogP contribution in [0.15, 0.2) is 24.3 Å². The van der Waals surface area contributed by atoms with Gasteiger partial charge in [0.25, 0.3) is 0 Å². The van der Waals surface area contributed by atoms with E-state index < -0.39 is 26.5 Å². The molecule has 0 saturated heterocycles. The van der Waals surface area contributed by atoms with Gasteiger partial charge in [-0.3, -0.25) is 18.6 Å². The smallest absolute Gasteiger partial charge is 0.462 e. The maximum absolute atomic E-state index is 12.5. The molecule has 9 heteroatoms. The summed E-state index contributed by atoms with van der Waals surface area (Å²) in [4.78, 5) is 34.6. The maximum Gasteiger partial charge on any atom is 0.472 e. The van der Waals surface area contributed by atoms with Gasteiger partial charge < -0.3 is 14.4 Å². The summed E-state index contributed by atoms with van der Waals surface area (Å²) in [6, 6.07) is 0. The quantitative estimate of drug-likeness (QED) is 0.0293. The summed E-state index contributed by atoms with van der Waals surface area (Å²) >= 11 is 0. The van der Waals surface area contributed by atoms with E-state index in [-0.39, 0.29) is 32.0 Å². The lowest BCUT2D eigenvalue weighted by Gasteiger charge is -2.19. The Bertz CT molecular complexity index is 859. The Morgan fingerprint density at radius 2 is 0.918 bits per heavy atom. The van der Waals surface area contributed by atoms with Crippen molar-refractivity contribution in [2.45, 2.75) is 200 Å². The lowest BCUT2D eigenvalue weighted by atomic mass is 10.1. The summed E-state index contributed by atoms with van der Waals surface area (Å²) in [6.45, 7) is 5.44. The van der Waals surface area contributed by atoms with Gasteiger partial charge in [0.2, 0.25) is 0 Å². The fourth-order valence-corrected chi connectivity index (χ4v) is 6.26. The number of phosphoric ester groups is 1. The van der Waals surface area contributed by atoms with E-state index in [9.17, 15) is 19.0 Å². The highest BCUT2D eigenvalue weighted by molar-refractivity contribution is 7.47. The Morgan fingerprint density at radius 3 is 1.35 bits per heavy atom. The van der Waals surface area contributed by atoms with Crippen LogP contribution in [0.1, 0.15) is 194 Å². The second-order valence-corrected chi connectivity index (χ2v) is 14.7. The summed E-state index contributed by atoms with van der Waals surface area (Å²) in [5.41, 5.74) is 0. The fraction of sp³-hybridized carbons (Fsp3) is 0.850. The summed E-state index contributed by atoms with van der Waals surface area (Å²) in [5, 5.41) is 0. The number of carbonyl (C=O) groups is 2. The largest absolute Gasteiger partial charge is 0.472 e. The van der Waals surface area contributed by atoms with Gasteiger partial charge in [0.05, 0.1) is 13.2 Å². The fourth-order valence-electron chi connectivity index (χ4n) is 5.50. The molecule has 1 N–H and O–H groups in total. The minimum atomic E-state index is -4.28. The van der Waals surface area contributed by atoms with Crippen molar-refractivity contribution in [3.63, 3.8) is 0 Å². The number of carbonyl (C=O) groups excluding carboxylic acids is 2. The molecule has 0 fully saturated rings. The summed E-state index contributed by atoms with van der Waals surface area (Å²) in [7, 11) is -4.28. The molecule has 2 unspecified atom stereocenters. The Labute approximate surface area is 301 Å². The third-order valence-electron chi connectivity index (χ3n) is 8.48. The normalized spacial score (nSPS) is 13.6. The maximum atomic E-state index is 12.5. The predicted molar refractivity (Wildman–Crippen MR) is 203 cm³/mol. The van der Waals surface area contributed by atoms with Crippen molar-refractivity contribution in [2.24, 2.45) is 0 Å². The number of ether oxygens (including phenoxy) is 2. The van der Waals surface area contributed by atoms with Crippen LogP contribution in [0.4, 0.5) is 0 Å². The SMILES string of the molecule is CCCCCCC/C=C\CCCCCCCC(=O)OCC(COP(=O)(O)OCC)OC(=O)CCCCCCC/C=C\CCCCCCCC. The Hall–Kier alpha value is -1.47. The molecule has 0 rings (SSSR count). The van der Waals surface area contributed by atoms with E-state index in [1.807, 2.05) is 0 Å². The van der Waals surface area contributed by atoms with Crippen LogP contribution < -0.4 is 0 Å². The molecule has 0 aliphatic carbocycles. The zero-order valence-corrected chi connectivity index (χ0v) is 32.7. The van der Waals surface area contributed by atoms with E-state index in [1.165, 1.54) is 83.5 Å². The van der Waals surface area contributed by atoms with E-state index in [0.717, 1.165) is 70.6 Å². The average Bonchev–Trinajstić information content (AvgIpc) is 3.07. The Morgan fingerprint density at radius 1 is 0.531 bits per heavy atom. The molecular formula is C40H75O8P. The zero-order valence-electron chi connectivity index (χ0n) is 31.9. The predicted octanol–water partition coefficient (Wildman–Crippen LogP) is 12.3. The van der Waals surface area contributed by atoms with Crippen molar-refractivity contribution in [2.75, 3.05) is 19.8 Å². The molecule has 0 aliphatic heterocycles. The minimum Gasteiger partial charge on any atom is -0.462 e. The summed E-state index contributed by atoms with van der Waals surface area (Å²) in [6.07, 6.45) is 38.0. The van der Waals surface area contributed by atoms with Gasteiger partial charge in [-0.2, -0.15) is 0 Å². The topological polar surface area (TPSA) is 108 Å². The average molecular weight is 715 g/mol. The van der Waals surface area contributed by atoms with Crippen LogP contribution >= 0.6 is 7.82 Å². The molecule has 288 valence electrons. The van der Waals surface area contributed by atoms with Crippen molar-refractivity contribution in [3.05, 3.63) is 24.3 Å². The molecular weight excluding hydrogens is 639 g/mol. The van der Waals surface area contributed by atoms with Gasteiger partial charge >= 0.3 is 19.8 Å². The number of unbranched alkanes of at least 4 members (excludes halogenated alkanes) is 21. The van der Waals surface area contributed by atoms with Crippen molar-refractivity contribution in [3.8, 4) is 0 Å². The standard InChI is InChI=1S/C40H75O8P/c1-4-7-9-11-13-15-17-19-21-23-25-27-29-31-33-35-40(42)48-38(37-47-49(43,44)46-6-3)36-45-39(41)34-32-30-28-26-24-22-20-18-16-14-12-10-8-5-2/h18-21,38H,4-17,22-37H2,1-3H3,(H,43,44)/b20-18-,21-19-. The second kappa shape index (κ2) is 36.3. The first-order chi connectivity index (χ1) is 23.8. The van der Waals surface area contributed by atoms with Crippen LogP contribution in [-0.2, 0) is 32.7 Å². The molecule has 0 aromatic carbocycles. The van der Waals surface area contributed by atoms with Crippen LogP contribution in [0.25, 0.3) is 0 Å². The molecule has 49 heavy (non-hydrogen) atoms. The highest BCUT2D eigenvalue weighted by Gasteiger charge is 2.25. The van der Waals surface area contributed by atoms with Crippen LogP contribution in [0.3, 0.4) is 0 Å². The summed E-state index contributed by atoms with van der Waals surface area (Å²) < 4.78 is 32.5. The first kappa shape index (κ1) is 47.5. The monoisotopic (exact) mass is 715 g/mol. The van der Waals surface area contributed by atoms with Crippen molar-refractivity contribution in [1.29, 1.82) is 0 Å². The molecule has 8 nitrogen and oxygen atoms in total. The Kier molecular flexibility index (Phi) is 35.2. The Balaban J connectivity index is 4.15. The zero-order chi connectivity index (χ0) is 36.1. The van der Waals surface area contributed by atoms with E-state index in [0.29, 0.717) is 6.42 Å². The van der Waals surface area contributed by atoms with E-state index in [4.69, 9.17) is 18.5 Å². The van der Waals surface area contributed by atoms with Crippen LogP contribution in [0.5, 0.6) is 0 Å². The van der Waals surface area contributed by atoms with Gasteiger partial charge in [-0.1, -0.05) is 134 Å². The number of esters is 2. The first-order valence-corrected chi connectivity index (χ1v) is 21.6. The van der Waals surface area contributed by atoms with E-state index in [1.54, 1.807) is 6.92 Å². The highest BCUT2D eigenvalue weighted by Crippen LogP contribution is 2.43. The number of hydrogen-bond acceptors (Lipinski definition) is 7. The molecule has 2 atom stereocenters. The molecule has 0 heterocycles. The second-order valence-electron chi connectivity index (χ2n) is 13.3. The number of allylic oxidation sites excluding steroid dienone is 4. The third kappa shape index (κ3) is 36.1. The molecule has 0 aromatic rings. The third-order valence-corrected chi connectivity index (χ3v) is 9.54. The number of rotatable bonds is 37. The van der Waals surface area contributed by atoms with Crippen molar-refractivity contribution in [1.82, 2.24) is 0 Å². The first-order valence-electron chi connectivity index (χ1n) is 20.1. The van der Waals surface area contributed by atoms with Crippen molar-refractivity contribution < 1.29 is 37.6 Å². The van der Waals surface area contributed by atoms with Gasteiger partial charge in [-0.25, -0.2) is 4.57 Å². The molecule has 0 radical (unpaired) electrons. The van der Waals surface area contributed by atoms with E-state index >= 15 is 0 Å². The molecule has 0 aliphatic rings. The van der Waals surface area contributed by atoms with E-state index in [2.05, 4.69) is 38.2 Å². The van der Waals surface area contributed by atoms with Crippen LogP contribution in [0.2, 0.25) is 0 Å². The number of phosphoric acid groups is 1. The molecule has 0 amide bonds. The highest BCUT2D eigenvalue weighted by atomic mass is 31.2. The minimum absolute atomic E-state index is 0.00140. The lowest BCUT2D eigenvalue weighted by Crippen LogP contribution is -2.29. The van der Waals surface area contributed by atoms with Crippen molar-refractivity contribution >= 4 is 19.8 Å². The van der Waals surface area contributed by atoms with Gasteiger partial charge in [0.1, 0.15) is 6.61 Å². The summed E-state index contributed by atoms with van der Waals surface area (Å²) in [5.74, 6) is -0.814. The van der Waals surface area contributed by atoms with Gasteiger partial charge in [0.15, 0.2) is 6.10 Å². The van der Waals surface area contributed by atoms with Gasteiger partial charge in [-0.15, -0.1) is 0 Å². The lowest BCUT2D eigenvalue weighted by molar-refractivity contribution is -0.161.